The van der Waals surface area contributed by atoms with Gasteiger partial charge in [0.2, 0.25) is 5.91 Å². The highest BCUT2D eigenvalue weighted by atomic mass is 16.3. The van der Waals surface area contributed by atoms with Crippen LogP contribution in [0.15, 0.2) is 94.3 Å². The summed E-state index contributed by atoms with van der Waals surface area (Å²) in [6.45, 7) is 2.03. The van der Waals surface area contributed by atoms with Gasteiger partial charge in [-0.25, -0.2) is 0 Å². The van der Waals surface area contributed by atoms with Crippen molar-refractivity contribution in [3.05, 3.63) is 106 Å². The third-order valence-electron chi connectivity index (χ3n) is 4.64. The van der Waals surface area contributed by atoms with Gasteiger partial charge in [0.05, 0.1) is 22.3 Å². The van der Waals surface area contributed by atoms with Crippen LogP contribution in [-0.2, 0) is 4.79 Å². The first-order chi connectivity index (χ1) is 14.6. The standard InChI is InChI=1S/C25H20N2O3/c1-17-10-13-19(14-11-17)26-21-7-3-4-8-22(21)27-24(28)15-12-18-16-30-23-9-5-2-6-20(23)25(18)29/h2-16,26H,1H3,(H,27,28)/b15-12+. The minimum absolute atomic E-state index is 0.178. The fourth-order valence-electron chi connectivity index (χ4n) is 3.04. The number of rotatable bonds is 5. The van der Waals surface area contributed by atoms with Crippen molar-refractivity contribution in [1.82, 2.24) is 0 Å². The zero-order chi connectivity index (χ0) is 20.9. The minimum Gasteiger partial charge on any atom is -0.463 e. The summed E-state index contributed by atoms with van der Waals surface area (Å²) in [7, 11) is 0. The van der Waals surface area contributed by atoms with Crippen LogP contribution >= 0.6 is 0 Å². The van der Waals surface area contributed by atoms with Crippen molar-refractivity contribution in [3.8, 4) is 0 Å². The third-order valence-corrected chi connectivity index (χ3v) is 4.64. The molecule has 1 heterocycles. The quantitative estimate of drug-likeness (QED) is 0.437. The van der Waals surface area contributed by atoms with Gasteiger partial charge in [-0.2, -0.15) is 0 Å². The largest absolute Gasteiger partial charge is 0.463 e. The number of hydrogen-bond donors (Lipinski definition) is 2. The Hall–Kier alpha value is -4.12. The molecule has 30 heavy (non-hydrogen) atoms. The second-order valence-corrected chi connectivity index (χ2v) is 6.88. The van der Waals surface area contributed by atoms with E-state index in [1.54, 1.807) is 24.3 Å². The van der Waals surface area contributed by atoms with Gasteiger partial charge in [0.25, 0.3) is 0 Å². The van der Waals surface area contributed by atoms with Crippen molar-refractivity contribution < 1.29 is 9.21 Å². The highest BCUT2D eigenvalue weighted by Gasteiger charge is 2.07. The van der Waals surface area contributed by atoms with E-state index in [1.807, 2.05) is 55.5 Å². The molecule has 4 aromatic rings. The molecule has 0 radical (unpaired) electrons. The maximum absolute atomic E-state index is 12.5. The predicted molar refractivity (Wildman–Crippen MR) is 121 cm³/mol. The summed E-state index contributed by atoms with van der Waals surface area (Å²) >= 11 is 0. The number of aryl methyl sites for hydroxylation is 1. The van der Waals surface area contributed by atoms with Crippen LogP contribution in [0.25, 0.3) is 17.0 Å². The Morgan fingerprint density at radius 2 is 1.60 bits per heavy atom. The van der Waals surface area contributed by atoms with E-state index in [4.69, 9.17) is 4.42 Å². The lowest BCUT2D eigenvalue weighted by atomic mass is 10.1. The summed E-state index contributed by atoms with van der Waals surface area (Å²) in [6.07, 6.45) is 4.15. The van der Waals surface area contributed by atoms with Gasteiger partial charge in [0.15, 0.2) is 5.43 Å². The van der Waals surface area contributed by atoms with Crippen molar-refractivity contribution in [2.24, 2.45) is 0 Å². The molecule has 0 aliphatic carbocycles. The molecule has 1 amide bonds. The van der Waals surface area contributed by atoms with Crippen LogP contribution in [0, 0.1) is 6.92 Å². The lowest BCUT2D eigenvalue weighted by Crippen LogP contribution is -2.10. The van der Waals surface area contributed by atoms with Gasteiger partial charge in [-0.1, -0.05) is 42.0 Å². The molecule has 5 nitrogen and oxygen atoms in total. The summed E-state index contributed by atoms with van der Waals surface area (Å²) in [6, 6.07) is 22.4. The van der Waals surface area contributed by atoms with Gasteiger partial charge in [0, 0.05) is 11.8 Å². The maximum Gasteiger partial charge on any atom is 0.248 e. The molecule has 0 saturated carbocycles. The van der Waals surface area contributed by atoms with Crippen molar-refractivity contribution in [2.75, 3.05) is 10.6 Å². The van der Waals surface area contributed by atoms with Crippen LogP contribution < -0.4 is 16.1 Å². The molecule has 1 aromatic heterocycles. The average Bonchev–Trinajstić information content (AvgIpc) is 2.76. The minimum atomic E-state index is -0.347. The van der Waals surface area contributed by atoms with Crippen molar-refractivity contribution in [1.29, 1.82) is 0 Å². The summed E-state index contributed by atoms with van der Waals surface area (Å²) in [5, 5.41) is 6.63. The Morgan fingerprint density at radius 1 is 0.900 bits per heavy atom. The van der Waals surface area contributed by atoms with Crippen LogP contribution in [0.4, 0.5) is 17.1 Å². The number of carbonyl (C=O) groups excluding carboxylic acids is 1. The first kappa shape index (κ1) is 19.2. The molecule has 3 aromatic carbocycles. The van der Waals surface area contributed by atoms with E-state index in [0.29, 0.717) is 22.2 Å². The number of amides is 1. The van der Waals surface area contributed by atoms with Gasteiger partial charge >= 0.3 is 0 Å². The van der Waals surface area contributed by atoms with E-state index < -0.39 is 0 Å². The first-order valence-corrected chi connectivity index (χ1v) is 9.52. The van der Waals surface area contributed by atoms with Gasteiger partial charge in [0.1, 0.15) is 11.8 Å². The van der Waals surface area contributed by atoms with E-state index in [2.05, 4.69) is 10.6 Å². The molecule has 2 N–H and O–H groups in total. The van der Waals surface area contributed by atoms with Gasteiger partial charge in [-0.3, -0.25) is 9.59 Å². The number of fused-ring (bicyclic) bond motifs is 1. The number of para-hydroxylation sites is 3. The number of benzene rings is 3. The van der Waals surface area contributed by atoms with Crippen molar-refractivity contribution in [2.45, 2.75) is 6.92 Å². The second-order valence-electron chi connectivity index (χ2n) is 6.88. The molecule has 5 heteroatoms. The Bertz CT molecular complexity index is 1290. The Morgan fingerprint density at radius 3 is 2.40 bits per heavy atom. The van der Waals surface area contributed by atoms with Gasteiger partial charge < -0.3 is 15.1 Å². The number of carbonyl (C=O) groups is 1. The summed E-state index contributed by atoms with van der Waals surface area (Å²) in [5.74, 6) is -0.347. The Kier molecular flexibility index (Phi) is 5.44. The monoisotopic (exact) mass is 396 g/mol. The summed E-state index contributed by atoms with van der Waals surface area (Å²) in [4.78, 5) is 25.0. The molecule has 0 aliphatic heterocycles. The molecular formula is C25H20N2O3. The van der Waals surface area contributed by atoms with Crippen LogP contribution in [0.1, 0.15) is 11.1 Å². The molecular weight excluding hydrogens is 376 g/mol. The molecule has 148 valence electrons. The fourth-order valence-corrected chi connectivity index (χ4v) is 3.04. The molecule has 0 saturated heterocycles. The molecule has 0 spiro atoms. The third kappa shape index (κ3) is 4.31. The van der Waals surface area contributed by atoms with Crippen molar-refractivity contribution >= 4 is 40.0 Å². The van der Waals surface area contributed by atoms with E-state index in [9.17, 15) is 9.59 Å². The molecule has 0 fully saturated rings. The number of nitrogens with one attached hydrogen (secondary N) is 2. The van der Waals surface area contributed by atoms with E-state index in [0.717, 1.165) is 11.4 Å². The molecule has 0 bridgehead atoms. The van der Waals surface area contributed by atoms with Crippen LogP contribution in [0.3, 0.4) is 0 Å². The highest BCUT2D eigenvalue weighted by Crippen LogP contribution is 2.25. The van der Waals surface area contributed by atoms with Crippen molar-refractivity contribution in [3.63, 3.8) is 0 Å². The van der Waals surface area contributed by atoms with Gasteiger partial charge in [-0.05, 0) is 49.4 Å². The van der Waals surface area contributed by atoms with Crippen LogP contribution in [0.5, 0.6) is 0 Å². The van der Waals surface area contributed by atoms with Crippen LogP contribution in [-0.4, -0.2) is 5.91 Å². The average molecular weight is 396 g/mol. The summed E-state index contributed by atoms with van der Waals surface area (Å²) < 4.78 is 5.48. The lowest BCUT2D eigenvalue weighted by Gasteiger charge is -2.12. The molecule has 0 atom stereocenters. The van der Waals surface area contributed by atoms with E-state index in [1.165, 1.54) is 24.0 Å². The van der Waals surface area contributed by atoms with E-state index in [-0.39, 0.29) is 11.3 Å². The Labute approximate surface area is 173 Å². The SMILES string of the molecule is Cc1ccc(Nc2ccccc2NC(=O)/C=C/c2coc3ccccc3c2=O)cc1. The predicted octanol–water partition coefficient (Wildman–Crippen LogP) is 5.50. The fraction of sp³-hybridized carbons (Fsp3) is 0.0400. The maximum atomic E-state index is 12.5. The highest BCUT2D eigenvalue weighted by molar-refractivity contribution is 6.04. The normalized spacial score (nSPS) is 11.0. The summed E-state index contributed by atoms with van der Waals surface area (Å²) in [5.41, 5.74) is 4.15. The smallest absolute Gasteiger partial charge is 0.248 e. The molecule has 0 aliphatic rings. The molecule has 4 rings (SSSR count). The van der Waals surface area contributed by atoms with Gasteiger partial charge in [-0.15, -0.1) is 0 Å². The Balaban J connectivity index is 1.51. The first-order valence-electron chi connectivity index (χ1n) is 9.52. The number of hydrogen-bond acceptors (Lipinski definition) is 4. The topological polar surface area (TPSA) is 71.3 Å². The lowest BCUT2D eigenvalue weighted by molar-refractivity contribution is -0.111. The zero-order valence-electron chi connectivity index (χ0n) is 16.4. The zero-order valence-corrected chi connectivity index (χ0v) is 16.4. The van der Waals surface area contributed by atoms with Crippen LogP contribution in [0.2, 0.25) is 0 Å². The van der Waals surface area contributed by atoms with E-state index >= 15 is 0 Å². The molecule has 0 unspecified atom stereocenters. The second kappa shape index (κ2) is 8.49. The number of anilines is 3.